The van der Waals surface area contributed by atoms with Gasteiger partial charge in [-0.05, 0) is 7.05 Å². The number of alkyl halides is 3. The van der Waals surface area contributed by atoms with Crippen molar-refractivity contribution in [2.24, 2.45) is 11.7 Å². The van der Waals surface area contributed by atoms with Crippen LogP contribution in [0.2, 0.25) is 0 Å². The van der Waals surface area contributed by atoms with Crippen molar-refractivity contribution in [3.8, 4) is 0 Å². The lowest BCUT2D eigenvalue weighted by atomic mass is 10.2. The molecule has 0 aromatic rings. The van der Waals surface area contributed by atoms with Crippen LogP contribution in [0.1, 0.15) is 6.92 Å². The largest absolute Gasteiger partial charge is 0.411 e. The molecule has 1 unspecified atom stereocenters. The maximum Gasteiger partial charge on any atom is 0.411 e. The van der Waals surface area contributed by atoms with Gasteiger partial charge in [-0.1, -0.05) is 19.1 Å². The number of likely N-dealkylation sites (N-methyl/N-ethyl adjacent to an activating group) is 1. The SMILES string of the molecule is CC(CN(C)CCOCC(F)(F)F)C(N)=S. The minimum Gasteiger partial charge on any atom is -0.393 e. The zero-order chi connectivity index (χ0) is 12.8. The van der Waals surface area contributed by atoms with Gasteiger partial charge < -0.3 is 15.4 Å². The molecule has 3 nitrogen and oxygen atoms in total. The second-order valence-corrected chi connectivity index (χ2v) is 4.20. The van der Waals surface area contributed by atoms with Crippen LogP contribution in [0, 0.1) is 5.92 Å². The molecule has 0 aliphatic heterocycles. The van der Waals surface area contributed by atoms with Crippen LogP contribution < -0.4 is 5.73 Å². The molecule has 1 atom stereocenters. The number of halogens is 3. The molecule has 0 spiro atoms. The fourth-order valence-electron chi connectivity index (χ4n) is 1.06. The molecule has 0 radical (unpaired) electrons. The van der Waals surface area contributed by atoms with Crippen molar-refractivity contribution in [1.82, 2.24) is 4.90 Å². The lowest BCUT2D eigenvalue weighted by Gasteiger charge is -2.20. The maximum atomic E-state index is 11.7. The number of thiocarbonyl (C=S) groups is 1. The summed E-state index contributed by atoms with van der Waals surface area (Å²) < 4.78 is 39.7. The summed E-state index contributed by atoms with van der Waals surface area (Å²) in [4.78, 5) is 2.24. The van der Waals surface area contributed by atoms with E-state index >= 15 is 0 Å². The molecule has 96 valence electrons. The number of rotatable bonds is 7. The van der Waals surface area contributed by atoms with Crippen molar-refractivity contribution >= 4 is 17.2 Å². The Balaban J connectivity index is 3.59. The number of hydrogen-bond donors (Lipinski definition) is 1. The predicted molar refractivity (Wildman–Crippen MR) is 60.3 cm³/mol. The standard InChI is InChI=1S/C9H17F3N2OS/c1-7(8(13)16)5-14(2)3-4-15-6-9(10,11)12/h7H,3-6H2,1-2H3,(H2,13,16). The molecule has 0 saturated heterocycles. The van der Waals surface area contributed by atoms with Gasteiger partial charge in [-0.2, -0.15) is 13.2 Å². The number of ether oxygens (including phenoxy) is 1. The van der Waals surface area contributed by atoms with Crippen molar-refractivity contribution in [1.29, 1.82) is 0 Å². The normalized spacial score (nSPS) is 14.1. The van der Waals surface area contributed by atoms with Crippen LogP contribution in [0.25, 0.3) is 0 Å². The molecule has 7 heteroatoms. The highest BCUT2D eigenvalue weighted by Gasteiger charge is 2.27. The van der Waals surface area contributed by atoms with E-state index in [1.165, 1.54) is 0 Å². The van der Waals surface area contributed by atoms with Gasteiger partial charge in [0.15, 0.2) is 0 Å². The topological polar surface area (TPSA) is 38.5 Å². The van der Waals surface area contributed by atoms with Gasteiger partial charge in [0.1, 0.15) is 6.61 Å². The van der Waals surface area contributed by atoms with E-state index in [1.807, 2.05) is 11.8 Å². The van der Waals surface area contributed by atoms with Gasteiger partial charge in [-0.15, -0.1) is 0 Å². The minimum atomic E-state index is -4.26. The third-order valence-corrected chi connectivity index (χ3v) is 2.36. The zero-order valence-corrected chi connectivity index (χ0v) is 10.2. The molecule has 0 aromatic carbocycles. The Morgan fingerprint density at radius 1 is 1.50 bits per heavy atom. The van der Waals surface area contributed by atoms with E-state index in [-0.39, 0.29) is 12.5 Å². The lowest BCUT2D eigenvalue weighted by Crippen LogP contribution is -2.33. The first-order chi connectivity index (χ1) is 7.22. The molecule has 0 saturated carbocycles. The highest BCUT2D eigenvalue weighted by molar-refractivity contribution is 7.80. The molecule has 0 heterocycles. The molecule has 0 aliphatic rings. The summed E-state index contributed by atoms with van der Waals surface area (Å²) in [7, 11) is 1.78. The van der Waals surface area contributed by atoms with E-state index in [0.29, 0.717) is 18.1 Å². The van der Waals surface area contributed by atoms with Crippen LogP contribution in [0.5, 0.6) is 0 Å². The average Bonchev–Trinajstić information content (AvgIpc) is 2.10. The zero-order valence-electron chi connectivity index (χ0n) is 9.38. The first kappa shape index (κ1) is 15.6. The Hall–Kier alpha value is -0.400. The minimum absolute atomic E-state index is 0.0417. The summed E-state index contributed by atoms with van der Waals surface area (Å²) >= 11 is 4.79. The Kier molecular flexibility index (Phi) is 6.85. The molecule has 0 aliphatic carbocycles. The summed E-state index contributed by atoms with van der Waals surface area (Å²) in [5.74, 6) is 0.0441. The Morgan fingerprint density at radius 2 is 2.06 bits per heavy atom. The van der Waals surface area contributed by atoms with E-state index in [1.54, 1.807) is 7.05 Å². The number of nitrogens with two attached hydrogens (primary N) is 1. The van der Waals surface area contributed by atoms with Crippen molar-refractivity contribution in [2.75, 3.05) is 33.4 Å². The Labute approximate surface area is 98.7 Å². The van der Waals surface area contributed by atoms with Crippen LogP contribution >= 0.6 is 12.2 Å². The number of nitrogens with zero attached hydrogens (tertiary/aromatic N) is 1. The fraction of sp³-hybridized carbons (Fsp3) is 0.889. The lowest BCUT2D eigenvalue weighted by molar-refractivity contribution is -0.174. The smallest absolute Gasteiger partial charge is 0.393 e. The van der Waals surface area contributed by atoms with E-state index in [4.69, 9.17) is 18.0 Å². The van der Waals surface area contributed by atoms with E-state index in [0.717, 1.165) is 0 Å². The fourth-order valence-corrected chi connectivity index (χ4v) is 1.13. The highest BCUT2D eigenvalue weighted by Crippen LogP contribution is 2.14. The van der Waals surface area contributed by atoms with Crippen LogP contribution in [-0.4, -0.2) is 49.4 Å². The van der Waals surface area contributed by atoms with Gasteiger partial charge in [0.05, 0.1) is 11.6 Å². The summed E-state index contributed by atoms with van der Waals surface area (Å²) in [5.41, 5.74) is 5.42. The van der Waals surface area contributed by atoms with Crippen molar-refractivity contribution in [2.45, 2.75) is 13.1 Å². The molecule has 2 N–H and O–H groups in total. The maximum absolute atomic E-state index is 11.7. The quantitative estimate of drug-likeness (QED) is 0.553. The third-order valence-electron chi connectivity index (χ3n) is 1.95. The summed E-state index contributed by atoms with van der Waals surface area (Å²) in [6.45, 7) is 1.74. The van der Waals surface area contributed by atoms with Crippen LogP contribution in [0.3, 0.4) is 0 Å². The van der Waals surface area contributed by atoms with Crippen molar-refractivity contribution in [3.05, 3.63) is 0 Å². The van der Waals surface area contributed by atoms with E-state index in [2.05, 4.69) is 4.74 Å². The number of hydrogen-bond acceptors (Lipinski definition) is 3. The molecule has 0 amide bonds. The first-order valence-corrected chi connectivity index (χ1v) is 5.25. The van der Waals surface area contributed by atoms with E-state index < -0.39 is 12.8 Å². The predicted octanol–water partition coefficient (Wildman–Crippen LogP) is 1.42. The summed E-state index contributed by atoms with van der Waals surface area (Å²) in [6.07, 6.45) is -4.26. The van der Waals surface area contributed by atoms with Crippen LogP contribution in [0.15, 0.2) is 0 Å². The molecule has 0 rings (SSSR count). The van der Waals surface area contributed by atoms with E-state index in [9.17, 15) is 13.2 Å². The van der Waals surface area contributed by atoms with Gasteiger partial charge in [0, 0.05) is 19.0 Å². The average molecular weight is 258 g/mol. The van der Waals surface area contributed by atoms with Gasteiger partial charge in [0.2, 0.25) is 0 Å². The van der Waals surface area contributed by atoms with Crippen LogP contribution in [-0.2, 0) is 4.74 Å². The second-order valence-electron chi connectivity index (χ2n) is 3.73. The molecule has 0 fully saturated rings. The molecule has 0 aromatic heterocycles. The first-order valence-electron chi connectivity index (χ1n) is 4.84. The van der Waals surface area contributed by atoms with Gasteiger partial charge in [0.25, 0.3) is 0 Å². The Morgan fingerprint density at radius 3 is 2.50 bits per heavy atom. The van der Waals surface area contributed by atoms with Crippen molar-refractivity contribution < 1.29 is 17.9 Å². The van der Waals surface area contributed by atoms with Crippen molar-refractivity contribution in [3.63, 3.8) is 0 Å². The molecular formula is C9H17F3N2OS. The monoisotopic (exact) mass is 258 g/mol. The van der Waals surface area contributed by atoms with Gasteiger partial charge in [-0.3, -0.25) is 0 Å². The molecular weight excluding hydrogens is 241 g/mol. The molecule has 0 bridgehead atoms. The van der Waals surface area contributed by atoms with Gasteiger partial charge >= 0.3 is 6.18 Å². The second kappa shape index (κ2) is 7.03. The Bertz CT molecular complexity index is 223. The summed E-state index contributed by atoms with van der Waals surface area (Å²) in [6, 6.07) is 0. The highest BCUT2D eigenvalue weighted by atomic mass is 32.1. The molecule has 16 heavy (non-hydrogen) atoms. The van der Waals surface area contributed by atoms with Crippen LogP contribution in [0.4, 0.5) is 13.2 Å². The van der Waals surface area contributed by atoms with Gasteiger partial charge in [-0.25, -0.2) is 0 Å². The summed E-state index contributed by atoms with van der Waals surface area (Å²) in [5, 5.41) is 0. The third kappa shape index (κ3) is 8.87.